The second kappa shape index (κ2) is 4.81. The molecular weight excluding hydrogens is 176 g/mol. The third-order valence-corrected chi connectivity index (χ3v) is 1.93. The summed E-state index contributed by atoms with van der Waals surface area (Å²) in [6.45, 7) is 13.6. The standard InChI is InChI=1S/C12H24O2/c1-11(2,3)7-10(14-9-13)8-12(4,5)6/h9-10H,7-8H2,1-6H3. The van der Waals surface area contributed by atoms with Crippen LogP contribution in [0, 0.1) is 10.8 Å². The Bertz CT molecular complexity index is 156. The smallest absolute Gasteiger partial charge is 0.293 e. The number of carbonyl (C=O) groups excluding carboxylic acids is 1. The highest BCUT2D eigenvalue weighted by Crippen LogP contribution is 2.29. The van der Waals surface area contributed by atoms with Crippen LogP contribution < -0.4 is 0 Å². The monoisotopic (exact) mass is 200 g/mol. The summed E-state index contributed by atoms with van der Waals surface area (Å²) in [7, 11) is 0. The third-order valence-electron chi connectivity index (χ3n) is 1.93. The highest BCUT2D eigenvalue weighted by Gasteiger charge is 2.24. The first-order valence-electron chi connectivity index (χ1n) is 5.23. The van der Waals surface area contributed by atoms with Crippen LogP contribution in [-0.2, 0) is 9.53 Å². The molecule has 0 aliphatic carbocycles. The normalized spacial score (nSPS) is 13.1. The van der Waals surface area contributed by atoms with E-state index in [1.165, 1.54) is 0 Å². The van der Waals surface area contributed by atoms with Gasteiger partial charge in [-0.1, -0.05) is 41.5 Å². The van der Waals surface area contributed by atoms with E-state index in [4.69, 9.17) is 4.74 Å². The molecule has 0 heterocycles. The predicted octanol–water partition coefficient (Wildman–Crippen LogP) is 3.40. The van der Waals surface area contributed by atoms with Gasteiger partial charge in [0, 0.05) is 0 Å². The van der Waals surface area contributed by atoms with E-state index >= 15 is 0 Å². The summed E-state index contributed by atoms with van der Waals surface area (Å²) in [6.07, 6.45) is 1.89. The predicted molar refractivity (Wildman–Crippen MR) is 59.1 cm³/mol. The second-order valence-electron chi connectivity index (χ2n) is 6.38. The van der Waals surface area contributed by atoms with Crippen LogP contribution in [0.25, 0.3) is 0 Å². The number of hydrogen-bond acceptors (Lipinski definition) is 2. The number of carbonyl (C=O) groups is 1. The van der Waals surface area contributed by atoms with E-state index in [1.54, 1.807) is 0 Å². The molecule has 0 saturated heterocycles. The van der Waals surface area contributed by atoms with Crippen molar-refractivity contribution in [2.24, 2.45) is 10.8 Å². The Kier molecular flexibility index (Phi) is 4.63. The Morgan fingerprint density at radius 1 is 1.00 bits per heavy atom. The van der Waals surface area contributed by atoms with Crippen LogP contribution in [0.4, 0.5) is 0 Å². The van der Waals surface area contributed by atoms with Crippen molar-refractivity contribution in [1.29, 1.82) is 0 Å². The summed E-state index contributed by atoms with van der Waals surface area (Å²) < 4.78 is 5.11. The molecule has 84 valence electrons. The fourth-order valence-corrected chi connectivity index (χ4v) is 1.61. The minimum Gasteiger partial charge on any atom is -0.465 e. The first-order valence-corrected chi connectivity index (χ1v) is 5.23. The van der Waals surface area contributed by atoms with Crippen molar-refractivity contribution in [3.8, 4) is 0 Å². The van der Waals surface area contributed by atoms with E-state index in [2.05, 4.69) is 41.5 Å². The molecule has 0 unspecified atom stereocenters. The van der Waals surface area contributed by atoms with Gasteiger partial charge >= 0.3 is 0 Å². The maximum absolute atomic E-state index is 10.4. The molecule has 2 heteroatoms. The maximum Gasteiger partial charge on any atom is 0.293 e. The molecule has 0 saturated carbocycles. The van der Waals surface area contributed by atoms with Gasteiger partial charge < -0.3 is 4.74 Å². The molecule has 0 rings (SSSR count). The van der Waals surface area contributed by atoms with Crippen molar-refractivity contribution in [3.05, 3.63) is 0 Å². The Morgan fingerprint density at radius 2 is 1.36 bits per heavy atom. The molecule has 0 N–H and O–H groups in total. The first kappa shape index (κ1) is 13.5. The SMILES string of the molecule is CC(C)(C)CC(CC(C)(C)C)OC=O. The average Bonchev–Trinajstić information content (AvgIpc) is 1.78. The molecule has 0 aliphatic rings. The van der Waals surface area contributed by atoms with E-state index in [0.717, 1.165) is 12.8 Å². The summed E-state index contributed by atoms with van der Waals surface area (Å²) in [5.74, 6) is 0. The largest absolute Gasteiger partial charge is 0.465 e. The molecule has 0 atom stereocenters. The van der Waals surface area contributed by atoms with Crippen LogP contribution in [0.3, 0.4) is 0 Å². The summed E-state index contributed by atoms with van der Waals surface area (Å²) in [5, 5.41) is 0. The number of hydrogen-bond donors (Lipinski definition) is 0. The molecule has 0 amide bonds. The molecule has 0 aliphatic heterocycles. The third kappa shape index (κ3) is 8.09. The lowest BCUT2D eigenvalue weighted by atomic mass is 9.82. The number of rotatable bonds is 4. The molecule has 2 nitrogen and oxygen atoms in total. The lowest BCUT2D eigenvalue weighted by molar-refractivity contribution is -0.136. The molecule has 0 fully saturated rings. The zero-order valence-corrected chi connectivity index (χ0v) is 10.4. The Hall–Kier alpha value is -0.530. The Morgan fingerprint density at radius 3 is 1.57 bits per heavy atom. The van der Waals surface area contributed by atoms with Gasteiger partial charge in [-0.05, 0) is 23.7 Å². The van der Waals surface area contributed by atoms with Gasteiger partial charge in [0.1, 0.15) is 6.10 Å². The fraction of sp³-hybridized carbons (Fsp3) is 0.917. The topological polar surface area (TPSA) is 26.3 Å². The van der Waals surface area contributed by atoms with Crippen LogP contribution in [-0.4, -0.2) is 12.6 Å². The molecule has 0 aromatic heterocycles. The summed E-state index contributed by atoms with van der Waals surface area (Å²) >= 11 is 0. The van der Waals surface area contributed by atoms with Crippen LogP contribution in [0.2, 0.25) is 0 Å². The second-order valence-corrected chi connectivity index (χ2v) is 6.38. The Balaban J connectivity index is 4.23. The van der Waals surface area contributed by atoms with Gasteiger partial charge in [0.15, 0.2) is 0 Å². The van der Waals surface area contributed by atoms with Crippen molar-refractivity contribution in [2.45, 2.75) is 60.5 Å². The number of ether oxygens (including phenoxy) is 1. The van der Waals surface area contributed by atoms with Crippen LogP contribution in [0.5, 0.6) is 0 Å². The van der Waals surface area contributed by atoms with Gasteiger partial charge in [-0.15, -0.1) is 0 Å². The molecule has 0 bridgehead atoms. The first-order chi connectivity index (χ1) is 6.14. The van der Waals surface area contributed by atoms with Crippen LogP contribution >= 0.6 is 0 Å². The minimum atomic E-state index is 0.0486. The molecule has 0 aromatic rings. The van der Waals surface area contributed by atoms with Gasteiger partial charge in [0.05, 0.1) is 0 Å². The molecule has 0 aromatic carbocycles. The van der Waals surface area contributed by atoms with Gasteiger partial charge in [0.25, 0.3) is 6.47 Å². The minimum absolute atomic E-state index is 0.0486. The zero-order chi connectivity index (χ0) is 11.4. The van der Waals surface area contributed by atoms with Crippen molar-refractivity contribution in [2.75, 3.05) is 0 Å². The highest BCUT2D eigenvalue weighted by molar-refractivity contribution is 5.37. The quantitative estimate of drug-likeness (QED) is 0.650. The summed E-state index contributed by atoms with van der Waals surface area (Å²) in [4.78, 5) is 10.4. The van der Waals surface area contributed by atoms with Gasteiger partial charge in [-0.25, -0.2) is 0 Å². The Labute approximate surface area is 88.0 Å². The van der Waals surface area contributed by atoms with Gasteiger partial charge in [-0.2, -0.15) is 0 Å². The van der Waals surface area contributed by atoms with E-state index < -0.39 is 0 Å². The van der Waals surface area contributed by atoms with Crippen molar-refractivity contribution < 1.29 is 9.53 Å². The van der Waals surface area contributed by atoms with Crippen LogP contribution in [0.1, 0.15) is 54.4 Å². The van der Waals surface area contributed by atoms with Crippen molar-refractivity contribution in [1.82, 2.24) is 0 Å². The van der Waals surface area contributed by atoms with Crippen molar-refractivity contribution in [3.63, 3.8) is 0 Å². The van der Waals surface area contributed by atoms with E-state index in [9.17, 15) is 4.79 Å². The van der Waals surface area contributed by atoms with Gasteiger partial charge in [0.2, 0.25) is 0 Å². The van der Waals surface area contributed by atoms with E-state index in [0.29, 0.717) is 6.47 Å². The van der Waals surface area contributed by atoms with E-state index in [1.807, 2.05) is 0 Å². The lowest BCUT2D eigenvalue weighted by Crippen LogP contribution is -2.25. The van der Waals surface area contributed by atoms with Crippen LogP contribution in [0.15, 0.2) is 0 Å². The fourth-order valence-electron chi connectivity index (χ4n) is 1.61. The molecule has 0 spiro atoms. The van der Waals surface area contributed by atoms with Crippen molar-refractivity contribution >= 4 is 6.47 Å². The maximum atomic E-state index is 10.4. The average molecular weight is 200 g/mol. The molecule has 14 heavy (non-hydrogen) atoms. The van der Waals surface area contributed by atoms with E-state index in [-0.39, 0.29) is 16.9 Å². The molecular formula is C12H24O2. The summed E-state index contributed by atoms with van der Waals surface area (Å²) in [6, 6.07) is 0. The molecule has 0 radical (unpaired) electrons. The zero-order valence-electron chi connectivity index (χ0n) is 10.4. The summed E-state index contributed by atoms with van der Waals surface area (Å²) in [5.41, 5.74) is 0.415. The highest BCUT2D eigenvalue weighted by atomic mass is 16.5. The van der Waals surface area contributed by atoms with Gasteiger partial charge in [-0.3, -0.25) is 4.79 Å². The lowest BCUT2D eigenvalue weighted by Gasteiger charge is -2.29.